The van der Waals surface area contributed by atoms with Crippen LogP contribution in [0.15, 0.2) is 71.9 Å². The number of rotatable bonds is 5. The van der Waals surface area contributed by atoms with Crippen LogP contribution in [0.3, 0.4) is 0 Å². The molecule has 0 fully saturated rings. The fourth-order valence-corrected chi connectivity index (χ4v) is 3.20. The van der Waals surface area contributed by atoms with Gasteiger partial charge in [-0.15, -0.1) is 4.91 Å². The molecule has 0 radical (unpaired) electrons. The summed E-state index contributed by atoms with van der Waals surface area (Å²) in [4.78, 5) is 26.2. The van der Waals surface area contributed by atoms with Gasteiger partial charge in [0.25, 0.3) is 0 Å². The number of H-pyrrole nitrogens is 1. The Kier molecular flexibility index (Phi) is 5.28. The minimum absolute atomic E-state index is 0.257. The van der Waals surface area contributed by atoms with Crippen LogP contribution >= 0.6 is 0 Å². The van der Waals surface area contributed by atoms with E-state index in [1.54, 1.807) is 55.5 Å². The first kappa shape index (κ1) is 20.0. The third-order valence-corrected chi connectivity index (χ3v) is 4.83. The number of aryl methyl sites for hydroxylation is 1. The number of hydrogen-bond donors (Lipinski definition) is 3. The maximum atomic E-state index is 12.9. The van der Waals surface area contributed by atoms with Crippen molar-refractivity contribution < 1.29 is 19.1 Å². The van der Waals surface area contributed by atoms with E-state index < -0.39 is 0 Å². The van der Waals surface area contributed by atoms with E-state index >= 15 is 0 Å². The van der Waals surface area contributed by atoms with Gasteiger partial charge in [0.05, 0.1) is 5.56 Å². The number of anilines is 1. The Bertz CT molecular complexity index is 1310. The Labute approximate surface area is 176 Å². The number of nitroso groups, excluding NO2 is 1. The van der Waals surface area contributed by atoms with Crippen LogP contribution in [0.4, 0.5) is 15.8 Å². The number of benzene rings is 3. The first-order chi connectivity index (χ1) is 14.9. The summed E-state index contributed by atoms with van der Waals surface area (Å²) in [7, 11) is 0. The normalized spacial score (nSPS) is 11.2. The van der Waals surface area contributed by atoms with E-state index in [0.717, 1.165) is 4.73 Å². The molecule has 0 aliphatic rings. The Morgan fingerprint density at radius 2 is 1.84 bits per heavy atom. The molecule has 0 saturated heterocycles. The molecule has 0 bridgehead atoms. The average Bonchev–Trinajstić information content (AvgIpc) is 3.08. The van der Waals surface area contributed by atoms with E-state index in [1.165, 1.54) is 24.3 Å². The first-order valence-corrected chi connectivity index (χ1v) is 9.40. The summed E-state index contributed by atoms with van der Waals surface area (Å²) in [6.07, 6.45) is 2.95. The molecule has 8 heteroatoms. The van der Waals surface area contributed by atoms with Gasteiger partial charge < -0.3 is 10.5 Å². The third kappa shape index (κ3) is 4.18. The van der Waals surface area contributed by atoms with Crippen molar-refractivity contribution in [1.29, 1.82) is 0 Å². The molecule has 3 aromatic carbocycles. The Morgan fingerprint density at radius 1 is 1.13 bits per heavy atom. The molecule has 0 aliphatic carbocycles. The molecule has 7 nitrogen and oxygen atoms in total. The molecule has 4 aromatic rings. The predicted molar refractivity (Wildman–Crippen MR) is 115 cm³/mol. The fraction of sp³-hybridized carbons (Fsp3) is 0.0435. The molecule has 154 valence electrons. The predicted octanol–water partition coefficient (Wildman–Crippen LogP) is 4.86. The lowest BCUT2D eigenvalue weighted by Gasteiger charge is -2.02. The van der Waals surface area contributed by atoms with Crippen molar-refractivity contribution in [2.45, 2.75) is 6.92 Å². The molecule has 1 heterocycles. The number of carbonyl (C=O) groups excluding carboxylic acids is 1. The van der Waals surface area contributed by atoms with Crippen molar-refractivity contribution >= 4 is 34.4 Å². The highest BCUT2D eigenvalue weighted by molar-refractivity contribution is 6.02. The van der Waals surface area contributed by atoms with E-state index in [9.17, 15) is 19.3 Å². The highest BCUT2D eigenvalue weighted by Crippen LogP contribution is 2.26. The summed E-state index contributed by atoms with van der Waals surface area (Å²) >= 11 is 0. The van der Waals surface area contributed by atoms with Crippen molar-refractivity contribution in [2.75, 3.05) is 5.32 Å². The summed E-state index contributed by atoms with van der Waals surface area (Å²) in [5.74, 6) is -0.243. The summed E-state index contributed by atoms with van der Waals surface area (Å²) in [6, 6.07) is 15.9. The maximum Gasteiger partial charge on any atom is 0.327 e. The second kappa shape index (κ2) is 8.19. The van der Waals surface area contributed by atoms with Crippen LogP contribution in [0.25, 0.3) is 28.5 Å². The minimum Gasteiger partial charge on any atom is -0.349 e. The Morgan fingerprint density at radius 3 is 2.52 bits per heavy atom. The Balaban J connectivity index is 1.51. The number of fused-ring (bicyclic) bond motifs is 1. The van der Waals surface area contributed by atoms with Gasteiger partial charge in [-0.3, -0.25) is 4.79 Å². The lowest BCUT2D eigenvalue weighted by atomic mass is 10.2. The molecule has 4 rings (SSSR count). The average molecular weight is 417 g/mol. The second-order valence-electron chi connectivity index (χ2n) is 6.98. The number of nitrogens with one attached hydrogen (secondary N) is 2. The fourth-order valence-electron chi connectivity index (χ4n) is 3.20. The highest BCUT2D eigenvalue weighted by Gasteiger charge is 2.21. The first-order valence-electron chi connectivity index (χ1n) is 9.40. The molecule has 3 N–H and O–H groups in total. The third-order valence-electron chi connectivity index (χ3n) is 4.83. The smallest absolute Gasteiger partial charge is 0.327 e. The number of hydrogen-bond acceptors (Lipinski definition) is 4. The standard InChI is InChI=1S/C23H17FN4O3/c1-14-12-20-21(13-19(14)27-30)28(31)23(26-20)16-5-9-18(10-6-16)25-22(29)11-4-15-2-7-17(24)8-3-15/h2-13,31H,1H3,(H,25,26,29,30)/p+1/b11-4+. The van der Waals surface area contributed by atoms with E-state index in [0.29, 0.717) is 39.2 Å². The lowest BCUT2D eigenvalue weighted by molar-refractivity contribution is -0.875. The van der Waals surface area contributed by atoms with E-state index in [4.69, 9.17) is 0 Å². The topological polar surface area (TPSA) is 98.4 Å². The molecular weight excluding hydrogens is 399 g/mol. The zero-order valence-electron chi connectivity index (χ0n) is 16.5. The summed E-state index contributed by atoms with van der Waals surface area (Å²) < 4.78 is 13.9. The molecule has 0 aliphatic heterocycles. The molecule has 1 aromatic heterocycles. The molecule has 1 amide bonds. The number of nitrogens with zero attached hydrogens (tertiary/aromatic N) is 2. The van der Waals surface area contributed by atoms with Crippen molar-refractivity contribution in [3.8, 4) is 11.4 Å². The molecule has 0 unspecified atom stereocenters. The second-order valence-corrected chi connectivity index (χ2v) is 6.98. The van der Waals surface area contributed by atoms with Gasteiger partial charge >= 0.3 is 5.82 Å². The monoisotopic (exact) mass is 417 g/mol. The van der Waals surface area contributed by atoms with Crippen LogP contribution in [0.2, 0.25) is 0 Å². The number of amides is 1. The molecule has 0 spiro atoms. The van der Waals surface area contributed by atoms with E-state index in [-0.39, 0.29) is 17.4 Å². The quantitative estimate of drug-likeness (QED) is 0.187. The lowest BCUT2D eigenvalue weighted by Crippen LogP contribution is -2.30. The van der Waals surface area contributed by atoms with Crippen molar-refractivity contribution in [2.24, 2.45) is 5.18 Å². The highest BCUT2D eigenvalue weighted by atomic mass is 19.1. The van der Waals surface area contributed by atoms with Crippen LogP contribution in [0.1, 0.15) is 11.1 Å². The van der Waals surface area contributed by atoms with Gasteiger partial charge in [-0.2, -0.15) is 0 Å². The molecular formula is C23H18FN4O3+. The number of carbonyl (C=O) groups is 1. The van der Waals surface area contributed by atoms with Crippen LogP contribution < -0.4 is 10.0 Å². The maximum absolute atomic E-state index is 12.9. The van der Waals surface area contributed by atoms with Gasteiger partial charge in [0.15, 0.2) is 5.52 Å². The molecule has 0 saturated carbocycles. The molecule has 31 heavy (non-hydrogen) atoms. The van der Waals surface area contributed by atoms with Gasteiger partial charge in [0, 0.05) is 17.8 Å². The van der Waals surface area contributed by atoms with Crippen LogP contribution in [0.5, 0.6) is 0 Å². The van der Waals surface area contributed by atoms with Crippen LogP contribution in [-0.4, -0.2) is 16.1 Å². The zero-order valence-corrected chi connectivity index (χ0v) is 16.5. The Hall–Kier alpha value is -4.33. The van der Waals surface area contributed by atoms with Crippen molar-refractivity contribution in [1.82, 2.24) is 4.98 Å². The molecule has 0 atom stereocenters. The number of imidazole rings is 1. The number of aromatic nitrogens is 2. The van der Waals surface area contributed by atoms with Gasteiger partial charge in [-0.1, -0.05) is 12.1 Å². The number of halogens is 1. The van der Waals surface area contributed by atoms with E-state index in [1.807, 2.05) is 0 Å². The van der Waals surface area contributed by atoms with Crippen molar-refractivity contribution in [3.63, 3.8) is 0 Å². The summed E-state index contributed by atoms with van der Waals surface area (Å²) in [6.45, 7) is 1.76. The summed E-state index contributed by atoms with van der Waals surface area (Å²) in [5, 5.41) is 16.2. The van der Waals surface area contributed by atoms with Gasteiger partial charge in [0.1, 0.15) is 11.5 Å². The largest absolute Gasteiger partial charge is 0.349 e. The van der Waals surface area contributed by atoms with Crippen molar-refractivity contribution in [3.05, 3.63) is 88.6 Å². The summed E-state index contributed by atoms with van der Waals surface area (Å²) in [5.41, 5.74) is 4.00. The van der Waals surface area contributed by atoms with E-state index in [2.05, 4.69) is 15.5 Å². The van der Waals surface area contributed by atoms with Crippen LogP contribution in [0, 0.1) is 17.6 Å². The zero-order chi connectivity index (χ0) is 22.0. The van der Waals surface area contributed by atoms with Crippen LogP contribution in [-0.2, 0) is 4.79 Å². The SMILES string of the molecule is Cc1cc2[nH]c(-c3ccc(NC(=O)/C=C/c4ccc(F)cc4)cc3)[n+](O)c2cc1N=O. The van der Waals surface area contributed by atoms with Gasteiger partial charge in [-0.05, 0) is 76.5 Å². The van der Waals surface area contributed by atoms with Gasteiger partial charge in [0.2, 0.25) is 11.4 Å². The minimum atomic E-state index is -0.336. The van der Waals surface area contributed by atoms with Gasteiger partial charge in [-0.25, -0.2) is 9.37 Å². The number of aromatic amines is 1.